The molecular formula is C13H20N2O. The van der Waals surface area contributed by atoms with E-state index in [2.05, 4.69) is 5.32 Å². The summed E-state index contributed by atoms with van der Waals surface area (Å²) in [6.45, 7) is 4.39. The lowest BCUT2D eigenvalue weighted by Crippen LogP contribution is -2.41. The van der Waals surface area contributed by atoms with E-state index in [1.807, 2.05) is 44.2 Å². The van der Waals surface area contributed by atoms with Crippen molar-refractivity contribution >= 4 is 11.6 Å². The van der Waals surface area contributed by atoms with Gasteiger partial charge < -0.3 is 11.1 Å². The zero-order valence-corrected chi connectivity index (χ0v) is 9.99. The molecule has 3 N–H and O–H groups in total. The summed E-state index contributed by atoms with van der Waals surface area (Å²) < 4.78 is 0. The van der Waals surface area contributed by atoms with Crippen molar-refractivity contribution in [3.63, 3.8) is 0 Å². The summed E-state index contributed by atoms with van der Waals surface area (Å²) in [6.07, 6.45) is 1.53. The highest BCUT2D eigenvalue weighted by molar-refractivity contribution is 5.95. The Morgan fingerprint density at radius 3 is 2.25 bits per heavy atom. The molecule has 1 amide bonds. The van der Waals surface area contributed by atoms with E-state index in [9.17, 15) is 4.79 Å². The van der Waals surface area contributed by atoms with Crippen molar-refractivity contribution in [3.8, 4) is 0 Å². The summed E-state index contributed by atoms with van der Waals surface area (Å²) in [7, 11) is 0. The van der Waals surface area contributed by atoms with Crippen molar-refractivity contribution in [1.82, 2.24) is 0 Å². The number of carbonyl (C=O) groups excluding carboxylic acids is 1. The third-order valence-electron chi connectivity index (χ3n) is 3.26. The number of para-hydroxylation sites is 1. The molecule has 0 heterocycles. The van der Waals surface area contributed by atoms with Crippen molar-refractivity contribution in [2.24, 2.45) is 11.1 Å². The van der Waals surface area contributed by atoms with Crippen LogP contribution in [0.2, 0.25) is 0 Å². The average molecular weight is 220 g/mol. The second-order valence-corrected chi connectivity index (χ2v) is 4.01. The Labute approximate surface area is 97.0 Å². The monoisotopic (exact) mass is 220 g/mol. The van der Waals surface area contributed by atoms with E-state index in [1.165, 1.54) is 0 Å². The summed E-state index contributed by atoms with van der Waals surface area (Å²) in [6, 6.07) is 9.48. The van der Waals surface area contributed by atoms with Crippen molar-refractivity contribution in [3.05, 3.63) is 30.3 Å². The molecule has 0 bridgehead atoms. The standard InChI is InChI=1S/C13H20N2O/c1-3-13(4-2,10-14)12(16)15-11-8-6-5-7-9-11/h5-9H,3-4,10,14H2,1-2H3,(H,15,16). The predicted molar refractivity (Wildman–Crippen MR) is 67.1 cm³/mol. The zero-order valence-electron chi connectivity index (χ0n) is 9.99. The number of nitrogens with one attached hydrogen (secondary N) is 1. The first kappa shape index (κ1) is 12.7. The van der Waals surface area contributed by atoms with Gasteiger partial charge in [-0.1, -0.05) is 32.0 Å². The number of nitrogens with two attached hydrogens (primary N) is 1. The Morgan fingerprint density at radius 1 is 1.25 bits per heavy atom. The molecule has 0 unspecified atom stereocenters. The van der Waals surface area contributed by atoms with Gasteiger partial charge in [0.15, 0.2) is 0 Å². The van der Waals surface area contributed by atoms with Crippen molar-refractivity contribution < 1.29 is 4.79 Å². The van der Waals surface area contributed by atoms with E-state index in [1.54, 1.807) is 0 Å². The molecule has 0 aliphatic heterocycles. The van der Waals surface area contributed by atoms with E-state index < -0.39 is 5.41 Å². The van der Waals surface area contributed by atoms with Gasteiger partial charge in [-0.3, -0.25) is 4.79 Å². The van der Waals surface area contributed by atoms with Gasteiger partial charge in [0, 0.05) is 12.2 Å². The third-order valence-corrected chi connectivity index (χ3v) is 3.26. The van der Waals surface area contributed by atoms with E-state index in [4.69, 9.17) is 5.73 Å². The molecular weight excluding hydrogens is 200 g/mol. The fourth-order valence-corrected chi connectivity index (χ4v) is 1.74. The highest BCUT2D eigenvalue weighted by atomic mass is 16.2. The lowest BCUT2D eigenvalue weighted by Gasteiger charge is -2.28. The van der Waals surface area contributed by atoms with E-state index >= 15 is 0 Å². The van der Waals surface area contributed by atoms with E-state index in [-0.39, 0.29) is 5.91 Å². The number of carbonyl (C=O) groups is 1. The van der Waals surface area contributed by atoms with Crippen molar-refractivity contribution in [1.29, 1.82) is 0 Å². The predicted octanol–water partition coefficient (Wildman–Crippen LogP) is 2.39. The molecule has 0 radical (unpaired) electrons. The van der Waals surface area contributed by atoms with Crippen molar-refractivity contribution in [2.75, 3.05) is 11.9 Å². The highest BCUT2D eigenvalue weighted by Crippen LogP contribution is 2.26. The van der Waals surface area contributed by atoms with Crippen LogP contribution in [-0.4, -0.2) is 12.5 Å². The lowest BCUT2D eigenvalue weighted by molar-refractivity contribution is -0.125. The molecule has 0 aliphatic carbocycles. The van der Waals surface area contributed by atoms with Crippen LogP contribution in [0.15, 0.2) is 30.3 Å². The molecule has 0 saturated carbocycles. The molecule has 0 aromatic heterocycles. The summed E-state index contributed by atoms with van der Waals surface area (Å²) in [4.78, 5) is 12.1. The number of rotatable bonds is 5. The molecule has 0 aliphatic rings. The maximum absolute atomic E-state index is 12.1. The second-order valence-electron chi connectivity index (χ2n) is 4.01. The minimum Gasteiger partial charge on any atom is -0.329 e. The minimum absolute atomic E-state index is 0.0196. The summed E-state index contributed by atoms with van der Waals surface area (Å²) in [5, 5.41) is 2.92. The quantitative estimate of drug-likeness (QED) is 0.800. The van der Waals surface area contributed by atoms with E-state index in [0.717, 1.165) is 18.5 Å². The van der Waals surface area contributed by atoms with Crippen LogP contribution in [0, 0.1) is 5.41 Å². The molecule has 88 valence electrons. The maximum Gasteiger partial charge on any atom is 0.231 e. The molecule has 0 fully saturated rings. The van der Waals surface area contributed by atoms with Crippen LogP contribution < -0.4 is 11.1 Å². The van der Waals surface area contributed by atoms with Crippen LogP contribution in [0.1, 0.15) is 26.7 Å². The molecule has 16 heavy (non-hydrogen) atoms. The fourth-order valence-electron chi connectivity index (χ4n) is 1.74. The zero-order chi connectivity index (χ0) is 12.0. The first-order valence-corrected chi connectivity index (χ1v) is 5.75. The normalized spacial score (nSPS) is 11.2. The molecule has 0 saturated heterocycles. The number of benzene rings is 1. The number of anilines is 1. The van der Waals surface area contributed by atoms with Crippen LogP contribution >= 0.6 is 0 Å². The summed E-state index contributed by atoms with van der Waals surface area (Å²) >= 11 is 0. The van der Waals surface area contributed by atoms with Gasteiger partial charge in [0.05, 0.1) is 5.41 Å². The molecule has 0 spiro atoms. The Bertz CT molecular complexity index is 323. The first-order chi connectivity index (χ1) is 7.68. The van der Waals surface area contributed by atoms with Gasteiger partial charge in [-0.15, -0.1) is 0 Å². The Morgan fingerprint density at radius 2 is 1.81 bits per heavy atom. The van der Waals surface area contributed by atoms with Gasteiger partial charge in [-0.25, -0.2) is 0 Å². The third kappa shape index (κ3) is 2.61. The van der Waals surface area contributed by atoms with Gasteiger partial charge in [0.1, 0.15) is 0 Å². The van der Waals surface area contributed by atoms with Crippen LogP contribution in [0.5, 0.6) is 0 Å². The molecule has 3 heteroatoms. The summed E-state index contributed by atoms with van der Waals surface area (Å²) in [5.74, 6) is 0.0196. The number of amides is 1. The second kappa shape index (κ2) is 5.66. The summed E-state index contributed by atoms with van der Waals surface area (Å²) in [5.41, 5.74) is 6.11. The maximum atomic E-state index is 12.1. The van der Waals surface area contributed by atoms with Gasteiger partial charge in [0.2, 0.25) is 5.91 Å². The smallest absolute Gasteiger partial charge is 0.231 e. The Hall–Kier alpha value is -1.35. The van der Waals surface area contributed by atoms with Gasteiger partial charge in [-0.2, -0.15) is 0 Å². The fraction of sp³-hybridized carbons (Fsp3) is 0.462. The number of hydrogen-bond acceptors (Lipinski definition) is 2. The van der Waals surface area contributed by atoms with Crippen molar-refractivity contribution in [2.45, 2.75) is 26.7 Å². The van der Waals surface area contributed by atoms with Gasteiger partial charge in [0.25, 0.3) is 0 Å². The molecule has 0 atom stereocenters. The lowest BCUT2D eigenvalue weighted by atomic mass is 9.81. The molecule has 1 aromatic carbocycles. The topological polar surface area (TPSA) is 55.1 Å². The number of hydrogen-bond donors (Lipinski definition) is 2. The van der Waals surface area contributed by atoms with Crippen LogP contribution in [0.3, 0.4) is 0 Å². The Kier molecular flexibility index (Phi) is 4.50. The van der Waals surface area contributed by atoms with Crippen LogP contribution in [-0.2, 0) is 4.79 Å². The molecule has 1 aromatic rings. The minimum atomic E-state index is -0.435. The molecule has 3 nitrogen and oxygen atoms in total. The SMILES string of the molecule is CCC(CC)(CN)C(=O)Nc1ccccc1. The van der Waals surface area contributed by atoms with E-state index in [0.29, 0.717) is 6.54 Å². The van der Waals surface area contributed by atoms with Crippen LogP contribution in [0.25, 0.3) is 0 Å². The first-order valence-electron chi connectivity index (χ1n) is 5.75. The molecule has 1 rings (SSSR count). The van der Waals surface area contributed by atoms with Crippen LogP contribution in [0.4, 0.5) is 5.69 Å². The largest absolute Gasteiger partial charge is 0.329 e. The van der Waals surface area contributed by atoms with Gasteiger partial charge >= 0.3 is 0 Å². The Balaban J connectivity index is 2.78. The average Bonchev–Trinajstić information content (AvgIpc) is 2.33. The highest BCUT2D eigenvalue weighted by Gasteiger charge is 2.33. The van der Waals surface area contributed by atoms with Gasteiger partial charge in [-0.05, 0) is 25.0 Å².